The maximum absolute atomic E-state index is 13.9. The Balaban J connectivity index is 1.60. The summed E-state index contributed by atoms with van der Waals surface area (Å²) >= 11 is 0. The molecule has 0 aliphatic carbocycles. The summed E-state index contributed by atoms with van der Waals surface area (Å²) in [5.74, 6) is 0.329. The summed E-state index contributed by atoms with van der Waals surface area (Å²) in [4.78, 5) is 15.4. The molecular weight excluding hydrogens is 473 g/mol. The fourth-order valence-corrected chi connectivity index (χ4v) is 4.51. The molecule has 0 saturated carbocycles. The number of allylic oxidation sites excluding steroid dienone is 1. The summed E-state index contributed by atoms with van der Waals surface area (Å²) in [5.41, 5.74) is 5.24. The fraction of sp³-hybridized carbons (Fsp3) is 0.182. The fourth-order valence-electron chi connectivity index (χ4n) is 4.51. The number of benzene rings is 3. The zero-order valence-electron chi connectivity index (χ0n) is 22.0. The lowest BCUT2D eigenvalue weighted by molar-refractivity contribution is 0.0951. The van der Waals surface area contributed by atoms with Crippen molar-refractivity contribution in [2.24, 2.45) is 0 Å². The third-order valence-electron chi connectivity index (χ3n) is 6.42. The van der Waals surface area contributed by atoms with E-state index in [-0.39, 0.29) is 11.7 Å². The van der Waals surface area contributed by atoms with Crippen LogP contribution in [-0.4, -0.2) is 24.6 Å². The van der Waals surface area contributed by atoms with Crippen LogP contribution in [0.25, 0.3) is 12.2 Å². The van der Waals surface area contributed by atoms with Crippen molar-refractivity contribution in [2.75, 3.05) is 19.0 Å². The van der Waals surface area contributed by atoms with Crippen LogP contribution < -0.4 is 10.2 Å². The number of nitrogens with zero attached hydrogens (tertiary/aromatic N) is 2. The molecule has 0 unspecified atom stereocenters. The quantitative estimate of drug-likeness (QED) is 0.238. The number of carbonyl (C=O) groups is 1. The van der Waals surface area contributed by atoms with Crippen LogP contribution in [0.5, 0.6) is 0 Å². The van der Waals surface area contributed by atoms with Gasteiger partial charge in [-0.3, -0.25) is 4.79 Å². The van der Waals surface area contributed by atoms with E-state index in [1.54, 1.807) is 12.1 Å². The summed E-state index contributed by atoms with van der Waals surface area (Å²) < 4.78 is 16.0. The second-order valence-corrected chi connectivity index (χ2v) is 9.44. The number of aryl methyl sites for hydroxylation is 1. The van der Waals surface area contributed by atoms with Crippen molar-refractivity contribution in [3.05, 3.63) is 137 Å². The van der Waals surface area contributed by atoms with Gasteiger partial charge < -0.3 is 14.8 Å². The van der Waals surface area contributed by atoms with Crippen molar-refractivity contribution in [1.29, 1.82) is 0 Å². The molecular formula is C33H34FN3O. The molecule has 4 aromatic rings. The summed E-state index contributed by atoms with van der Waals surface area (Å²) in [7, 11) is 3.90. The molecule has 1 aromatic heterocycles. The molecule has 0 radical (unpaired) electrons. The number of carbonyl (C=O) groups excluding carboxylic acids is 1. The largest absolute Gasteiger partial charge is 0.363 e. The van der Waals surface area contributed by atoms with Crippen molar-refractivity contribution in [3.8, 4) is 0 Å². The van der Waals surface area contributed by atoms with E-state index in [0.717, 1.165) is 35.5 Å². The highest BCUT2D eigenvalue weighted by molar-refractivity contribution is 6.00. The Morgan fingerprint density at radius 2 is 1.63 bits per heavy atom. The van der Waals surface area contributed by atoms with Gasteiger partial charge in [0.1, 0.15) is 11.6 Å². The van der Waals surface area contributed by atoms with E-state index in [0.29, 0.717) is 24.2 Å². The van der Waals surface area contributed by atoms with Crippen molar-refractivity contribution in [2.45, 2.75) is 25.9 Å². The molecule has 38 heavy (non-hydrogen) atoms. The van der Waals surface area contributed by atoms with Crippen LogP contribution >= 0.6 is 0 Å². The van der Waals surface area contributed by atoms with Crippen LogP contribution in [-0.2, 0) is 19.5 Å². The van der Waals surface area contributed by atoms with Crippen molar-refractivity contribution in [3.63, 3.8) is 0 Å². The topological polar surface area (TPSA) is 37.3 Å². The molecule has 4 nitrogen and oxygen atoms in total. The number of nitrogens with one attached hydrogen (secondary N) is 1. The second kappa shape index (κ2) is 12.7. The monoisotopic (exact) mass is 507 g/mol. The molecule has 5 heteroatoms. The van der Waals surface area contributed by atoms with Gasteiger partial charge in [-0.05, 0) is 53.8 Å². The van der Waals surface area contributed by atoms with Gasteiger partial charge >= 0.3 is 0 Å². The van der Waals surface area contributed by atoms with Crippen molar-refractivity contribution in [1.82, 2.24) is 9.88 Å². The smallest absolute Gasteiger partial charge is 0.255 e. The third-order valence-corrected chi connectivity index (χ3v) is 6.42. The highest BCUT2D eigenvalue weighted by atomic mass is 19.1. The normalized spacial score (nSPS) is 11.0. The van der Waals surface area contributed by atoms with E-state index < -0.39 is 0 Å². The lowest BCUT2D eigenvalue weighted by Crippen LogP contribution is -2.26. The third kappa shape index (κ3) is 6.68. The first-order valence-corrected chi connectivity index (χ1v) is 12.8. The summed E-state index contributed by atoms with van der Waals surface area (Å²) in [6.45, 7) is 4.59. The maximum Gasteiger partial charge on any atom is 0.255 e. The van der Waals surface area contributed by atoms with Crippen LogP contribution in [0.1, 0.15) is 44.7 Å². The van der Waals surface area contributed by atoms with Gasteiger partial charge in [0.15, 0.2) is 0 Å². The van der Waals surface area contributed by atoms with E-state index in [9.17, 15) is 9.18 Å². The summed E-state index contributed by atoms with van der Waals surface area (Å²) in [5, 5.41) is 3.01. The van der Waals surface area contributed by atoms with Gasteiger partial charge in [0.05, 0.1) is 5.56 Å². The molecule has 1 amide bonds. The van der Waals surface area contributed by atoms with Crippen LogP contribution in [0.4, 0.5) is 10.2 Å². The number of amides is 1. The number of hydrogen-bond donors (Lipinski definition) is 1. The lowest BCUT2D eigenvalue weighted by Gasteiger charge is -2.20. The predicted octanol–water partition coefficient (Wildman–Crippen LogP) is 6.96. The molecule has 0 spiro atoms. The van der Waals surface area contributed by atoms with Crippen LogP contribution in [0.3, 0.4) is 0 Å². The molecule has 3 aromatic carbocycles. The van der Waals surface area contributed by atoms with Gasteiger partial charge in [-0.2, -0.15) is 0 Å². The first-order chi connectivity index (χ1) is 18.5. The van der Waals surface area contributed by atoms with Crippen LogP contribution in [0, 0.1) is 5.82 Å². The SMILES string of the molecule is C=Cc1cc(CNC(=O)c2cc(/C=C/CCc3ccccc3)n(Cc3ccccc3)c2N(C)C)ccc1F. The number of rotatable bonds is 11. The van der Waals surface area contributed by atoms with E-state index in [2.05, 4.69) is 65.0 Å². The Hall–Kier alpha value is -4.38. The Bertz CT molecular complexity index is 1410. The van der Waals surface area contributed by atoms with Gasteiger partial charge in [0.25, 0.3) is 5.91 Å². The van der Waals surface area contributed by atoms with Crippen molar-refractivity contribution < 1.29 is 9.18 Å². The average molecular weight is 508 g/mol. The Labute approximate surface area is 224 Å². The number of hydrogen-bond acceptors (Lipinski definition) is 2. The maximum atomic E-state index is 13.9. The minimum Gasteiger partial charge on any atom is -0.363 e. The molecule has 0 saturated heterocycles. The number of anilines is 1. The molecule has 0 atom stereocenters. The van der Waals surface area contributed by atoms with Crippen LogP contribution in [0.2, 0.25) is 0 Å². The minimum atomic E-state index is -0.327. The first kappa shape index (κ1) is 26.7. The molecule has 0 fully saturated rings. The second-order valence-electron chi connectivity index (χ2n) is 9.44. The van der Waals surface area contributed by atoms with Gasteiger partial charge in [-0.15, -0.1) is 0 Å². The molecule has 4 rings (SSSR count). The van der Waals surface area contributed by atoms with Gasteiger partial charge in [0.2, 0.25) is 0 Å². The highest BCUT2D eigenvalue weighted by Gasteiger charge is 2.21. The van der Waals surface area contributed by atoms with E-state index >= 15 is 0 Å². The van der Waals surface area contributed by atoms with E-state index in [4.69, 9.17) is 0 Å². The molecule has 0 aliphatic heterocycles. The Morgan fingerprint density at radius 3 is 2.29 bits per heavy atom. The zero-order chi connectivity index (χ0) is 26.9. The van der Waals surface area contributed by atoms with Crippen LogP contribution in [0.15, 0.2) is 97.6 Å². The first-order valence-electron chi connectivity index (χ1n) is 12.8. The predicted molar refractivity (Wildman–Crippen MR) is 156 cm³/mol. The number of halogens is 1. The molecule has 1 heterocycles. The molecule has 1 N–H and O–H groups in total. The van der Waals surface area contributed by atoms with Gasteiger partial charge in [0, 0.05) is 38.4 Å². The zero-order valence-corrected chi connectivity index (χ0v) is 22.0. The lowest BCUT2D eigenvalue weighted by atomic mass is 10.1. The summed E-state index contributed by atoms with van der Waals surface area (Å²) in [6, 6.07) is 27.4. The molecule has 0 bridgehead atoms. The number of aromatic nitrogens is 1. The minimum absolute atomic E-state index is 0.177. The van der Waals surface area contributed by atoms with E-state index in [1.165, 1.54) is 17.7 Å². The Kier molecular flexibility index (Phi) is 8.94. The highest BCUT2D eigenvalue weighted by Crippen LogP contribution is 2.27. The molecule has 194 valence electrons. The molecule has 0 aliphatic rings. The van der Waals surface area contributed by atoms with Gasteiger partial charge in [-0.1, -0.05) is 85.5 Å². The van der Waals surface area contributed by atoms with Crippen molar-refractivity contribution >= 4 is 23.9 Å². The van der Waals surface area contributed by atoms with Gasteiger partial charge in [-0.25, -0.2) is 4.39 Å². The average Bonchev–Trinajstić information content (AvgIpc) is 3.30. The standard InChI is InChI=1S/C33H34FN3O/c1-4-28-21-27(19-20-31(28)34)23-35-32(38)30-22-29(18-12-11-15-25-13-7-5-8-14-25)37(33(30)36(2)3)24-26-16-9-6-10-17-26/h4-10,12-14,16-22H,1,11,15,23-24H2,2-3H3,(H,35,38)/b18-12+. The Morgan fingerprint density at radius 1 is 0.947 bits per heavy atom. The van der Waals surface area contributed by atoms with E-state index in [1.807, 2.05) is 49.3 Å². The summed E-state index contributed by atoms with van der Waals surface area (Å²) in [6.07, 6.45) is 7.60.